The van der Waals surface area contributed by atoms with E-state index >= 15 is 0 Å². The Kier molecular flexibility index (Phi) is 1.54. The average Bonchev–Trinajstić information content (AvgIpc) is 2.89. The summed E-state index contributed by atoms with van der Waals surface area (Å²) in [7, 11) is 0. The van der Waals surface area contributed by atoms with Crippen molar-refractivity contribution >= 4 is 11.9 Å². The number of hydrogen-bond donors (Lipinski definition) is 0. The molecular weight excluding hydrogens is 208 g/mol. The Labute approximate surface area is 93.6 Å². The van der Waals surface area contributed by atoms with Crippen molar-refractivity contribution in [2.45, 2.75) is 26.6 Å². The largest absolute Gasteiger partial charge is 0.418 e. The van der Waals surface area contributed by atoms with Crippen LogP contribution < -0.4 is 0 Å². The Bertz CT molecular complexity index is 409. The molecule has 2 fully saturated rings. The Morgan fingerprint density at radius 2 is 1.69 bits per heavy atom. The molecule has 0 aromatic carbocycles. The Balaban J connectivity index is 1.91. The first-order valence-corrected chi connectivity index (χ1v) is 5.50. The van der Waals surface area contributed by atoms with Crippen LogP contribution in [0.3, 0.4) is 0 Å². The molecule has 0 heterocycles. The highest BCUT2D eigenvalue weighted by Gasteiger charge is 2.90. The van der Waals surface area contributed by atoms with Gasteiger partial charge >= 0.3 is 11.9 Å². The van der Waals surface area contributed by atoms with Crippen LogP contribution in [0.25, 0.3) is 0 Å². The van der Waals surface area contributed by atoms with E-state index in [4.69, 9.17) is 9.47 Å². The molecule has 0 radical (unpaired) electrons. The van der Waals surface area contributed by atoms with Crippen molar-refractivity contribution in [3.63, 3.8) is 0 Å². The highest BCUT2D eigenvalue weighted by atomic mass is 16.7. The summed E-state index contributed by atoms with van der Waals surface area (Å²) >= 11 is 0. The van der Waals surface area contributed by atoms with E-state index in [1.165, 1.54) is 13.8 Å². The summed E-state index contributed by atoms with van der Waals surface area (Å²) in [6.45, 7) is 4.82. The number of esters is 2. The third-order valence-electron chi connectivity index (χ3n) is 4.21. The van der Waals surface area contributed by atoms with Crippen LogP contribution >= 0.6 is 0 Å². The van der Waals surface area contributed by atoms with Gasteiger partial charge in [0.1, 0.15) is 0 Å². The Hall–Kier alpha value is -1.32. The van der Waals surface area contributed by atoms with Crippen molar-refractivity contribution in [3.05, 3.63) is 12.2 Å². The van der Waals surface area contributed by atoms with E-state index in [0.717, 1.165) is 0 Å². The third kappa shape index (κ3) is 0.950. The molecule has 4 heteroatoms. The lowest BCUT2D eigenvalue weighted by Gasteiger charge is -2.37. The number of ether oxygens (including phenoxy) is 2. The number of fused-ring (bicyclic) bond motifs is 1. The number of allylic oxidation sites excluding steroid dienone is 1. The van der Waals surface area contributed by atoms with E-state index in [1.54, 1.807) is 6.08 Å². The molecular formula is C12H14O4. The summed E-state index contributed by atoms with van der Waals surface area (Å²) in [6.07, 6.45) is 3.74. The molecule has 0 spiro atoms. The fourth-order valence-corrected chi connectivity index (χ4v) is 3.48. The molecule has 0 saturated heterocycles. The topological polar surface area (TPSA) is 52.6 Å². The van der Waals surface area contributed by atoms with E-state index in [9.17, 15) is 9.59 Å². The molecule has 0 aromatic rings. The van der Waals surface area contributed by atoms with Gasteiger partial charge in [-0.3, -0.25) is 9.59 Å². The Morgan fingerprint density at radius 1 is 1.19 bits per heavy atom. The summed E-state index contributed by atoms with van der Waals surface area (Å²) in [5.41, 5.74) is 0.194. The van der Waals surface area contributed by atoms with Gasteiger partial charge in [-0.15, -0.1) is 0 Å². The third-order valence-corrected chi connectivity index (χ3v) is 4.21. The van der Waals surface area contributed by atoms with Crippen molar-refractivity contribution in [3.8, 4) is 0 Å². The first-order chi connectivity index (χ1) is 7.42. The number of carbonyl (C=O) groups excluding carboxylic acids is 2. The molecule has 2 saturated carbocycles. The van der Waals surface area contributed by atoms with Gasteiger partial charge in [-0.25, -0.2) is 0 Å². The normalized spacial score (nSPS) is 44.3. The summed E-state index contributed by atoms with van der Waals surface area (Å²) in [5, 5.41) is 0. The second kappa shape index (κ2) is 2.50. The molecule has 16 heavy (non-hydrogen) atoms. The van der Waals surface area contributed by atoms with Crippen molar-refractivity contribution < 1.29 is 19.1 Å². The standard InChI is InChI=1S/C12H14O4/c1-6(13)15-12(16-7(2)14)5-4-8-9-10(12)11(8,9)3/h4-5,8-10H,1-3H3/t8-,9?,10+,11?/m0/s1. The number of hydrogen-bond acceptors (Lipinski definition) is 4. The summed E-state index contributed by atoms with van der Waals surface area (Å²) in [5.74, 6) is -0.694. The number of rotatable bonds is 2. The molecule has 4 aliphatic rings. The summed E-state index contributed by atoms with van der Waals surface area (Å²) < 4.78 is 10.5. The van der Waals surface area contributed by atoms with E-state index in [2.05, 4.69) is 6.92 Å². The predicted molar refractivity (Wildman–Crippen MR) is 54.0 cm³/mol. The second-order valence-corrected chi connectivity index (χ2v) is 5.16. The zero-order valence-corrected chi connectivity index (χ0v) is 9.52. The van der Waals surface area contributed by atoms with Gasteiger partial charge in [0.15, 0.2) is 0 Å². The van der Waals surface area contributed by atoms with Crippen molar-refractivity contribution in [1.82, 2.24) is 0 Å². The van der Waals surface area contributed by atoms with Gasteiger partial charge in [0, 0.05) is 13.8 Å². The molecule has 86 valence electrons. The molecule has 4 nitrogen and oxygen atoms in total. The smallest absolute Gasteiger partial charge is 0.306 e. The van der Waals surface area contributed by atoms with Gasteiger partial charge in [-0.05, 0) is 23.3 Å². The zero-order valence-electron chi connectivity index (χ0n) is 9.52. The highest BCUT2D eigenvalue weighted by molar-refractivity contribution is 5.70. The summed E-state index contributed by atoms with van der Waals surface area (Å²) in [6, 6.07) is 0. The van der Waals surface area contributed by atoms with Crippen LogP contribution in [0.2, 0.25) is 0 Å². The van der Waals surface area contributed by atoms with Gasteiger partial charge in [-0.2, -0.15) is 0 Å². The van der Waals surface area contributed by atoms with Crippen molar-refractivity contribution in [2.24, 2.45) is 23.2 Å². The van der Waals surface area contributed by atoms with Gasteiger partial charge in [-0.1, -0.05) is 13.0 Å². The van der Waals surface area contributed by atoms with Gasteiger partial charge in [0.05, 0.1) is 5.92 Å². The quantitative estimate of drug-likeness (QED) is 0.401. The molecule has 2 bridgehead atoms. The average molecular weight is 222 g/mol. The second-order valence-electron chi connectivity index (χ2n) is 5.16. The van der Waals surface area contributed by atoms with Gasteiger partial charge in [0.2, 0.25) is 0 Å². The highest BCUT2D eigenvalue weighted by Crippen LogP contribution is 2.89. The minimum atomic E-state index is -1.13. The van der Waals surface area contributed by atoms with Crippen LogP contribution in [-0.2, 0) is 19.1 Å². The van der Waals surface area contributed by atoms with Crippen LogP contribution in [0, 0.1) is 23.2 Å². The number of carbonyl (C=O) groups is 2. The maximum atomic E-state index is 11.1. The predicted octanol–water partition coefficient (Wildman–Crippen LogP) is 1.26. The minimum Gasteiger partial charge on any atom is -0.418 e. The first kappa shape index (κ1) is 9.87. The lowest BCUT2D eigenvalue weighted by molar-refractivity contribution is -0.225. The molecule has 0 amide bonds. The Morgan fingerprint density at radius 3 is 2.06 bits per heavy atom. The summed E-state index contributed by atoms with van der Waals surface area (Å²) in [4.78, 5) is 22.3. The maximum absolute atomic E-state index is 11.1. The van der Waals surface area contributed by atoms with Crippen LogP contribution in [0.15, 0.2) is 12.2 Å². The van der Waals surface area contributed by atoms with E-state index < -0.39 is 17.7 Å². The zero-order chi connectivity index (χ0) is 11.7. The van der Waals surface area contributed by atoms with E-state index in [1.807, 2.05) is 6.08 Å². The first-order valence-electron chi connectivity index (χ1n) is 5.50. The van der Waals surface area contributed by atoms with Crippen LogP contribution in [0.1, 0.15) is 20.8 Å². The van der Waals surface area contributed by atoms with E-state index in [0.29, 0.717) is 11.8 Å². The monoisotopic (exact) mass is 222 g/mol. The SMILES string of the molecule is CC(=O)OC1(OC(C)=O)C=C[C@H]2C3[C@@H]1C32C. The molecule has 4 aliphatic carbocycles. The van der Waals surface area contributed by atoms with Crippen LogP contribution in [0.5, 0.6) is 0 Å². The molecule has 0 aliphatic heterocycles. The van der Waals surface area contributed by atoms with Crippen molar-refractivity contribution in [1.29, 1.82) is 0 Å². The fraction of sp³-hybridized carbons (Fsp3) is 0.667. The van der Waals surface area contributed by atoms with Crippen molar-refractivity contribution in [2.75, 3.05) is 0 Å². The molecule has 0 aromatic heterocycles. The molecule has 0 N–H and O–H groups in total. The minimum absolute atomic E-state index is 0.155. The lowest BCUT2D eigenvalue weighted by Crippen LogP contribution is -2.46. The van der Waals surface area contributed by atoms with Gasteiger partial charge in [0.25, 0.3) is 5.79 Å². The molecule has 2 unspecified atom stereocenters. The fourth-order valence-electron chi connectivity index (χ4n) is 3.48. The van der Waals surface area contributed by atoms with Crippen LogP contribution in [-0.4, -0.2) is 17.7 Å². The molecule has 4 atom stereocenters. The maximum Gasteiger partial charge on any atom is 0.306 e. The van der Waals surface area contributed by atoms with E-state index in [-0.39, 0.29) is 11.3 Å². The lowest BCUT2D eigenvalue weighted by atomic mass is 9.84. The van der Waals surface area contributed by atoms with Gasteiger partial charge < -0.3 is 9.47 Å². The van der Waals surface area contributed by atoms with Crippen LogP contribution in [0.4, 0.5) is 0 Å². The molecule has 4 rings (SSSR count).